The molecule has 33 heavy (non-hydrogen) atoms. The van der Waals surface area contributed by atoms with Gasteiger partial charge in [0.25, 0.3) is 5.91 Å². The van der Waals surface area contributed by atoms with Crippen LogP contribution in [0.1, 0.15) is 21.5 Å². The van der Waals surface area contributed by atoms with Gasteiger partial charge in [-0.1, -0.05) is 24.3 Å². The van der Waals surface area contributed by atoms with Crippen LogP contribution in [0.3, 0.4) is 0 Å². The average molecular weight is 473 g/mol. The number of rotatable bonds is 7. The molecule has 8 nitrogen and oxygen atoms in total. The summed E-state index contributed by atoms with van der Waals surface area (Å²) in [4.78, 5) is 17.0. The fourth-order valence-electron chi connectivity index (χ4n) is 4.05. The Morgan fingerprint density at radius 2 is 1.48 bits per heavy atom. The van der Waals surface area contributed by atoms with Crippen molar-refractivity contribution < 1.29 is 17.9 Å². The van der Waals surface area contributed by atoms with Crippen molar-refractivity contribution in [1.82, 2.24) is 14.5 Å². The number of morpholine rings is 1. The van der Waals surface area contributed by atoms with Crippen LogP contribution in [0.2, 0.25) is 0 Å². The molecule has 4 rings (SSSR count). The Morgan fingerprint density at radius 1 is 0.879 bits per heavy atom. The number of sulfonamides is 1. The van der Waals surface area contributed by atoms with Gasteiger partial charge >= 0.3 is 0 Å². The highest BCUT2D eigenvalue weighted by Gasteiger charge is 2.25. The first-order valence-electron chi connectivity index (χ1n) is 11.4. The standard InChI is InChI=1S/C24H32N4O4S/c1-26-10-12-28(13-11-26)33(30,31)19-21-2-6-22(7-3-21)24(29)25-18-20-4-8-23(9-5-20)27-14-16-32-17-15-27/h2-9H,10-19H2,1H3,(H,25,29). The number of benzene rings is 2. The Morgan fingerprint density at radius 3 is 2.12 bits per heavy atom. The molecule has 1 N–H and O–H groups in total. The van der Waals surface area contributed by atoms with E-state index in [1.165, 1.54) is 0 Å². The predicted octanol–water partition coefficient (Wildman–Crippen LogP) is 1.53. The number of carbonyl (C=O) groups excluding carboxylic acids is 1. The van der Waals surface area contributed by atoms with Gasteiger partial charge in [0.2, 0.25) is 10.0 Å². The van der Waals surface area contributed by atoms with Gasteiger partial charge < -0.3 is 19.9 Å². The molecule has 2 aliphatic rings. The Bertz CT molecular complexity index is 1030. The summed E-state index contributed by atoms with van der Waals surface area (Å²) in [6.07, 6.45) is 0. The molecular weight excluding hydrogens is 440 g/mol. The zero-order valence-electron chi connectivity index (χ0n) is 19.1. The van der Waals surface area contributed by atoms with E-state index >= 15 is 0 Å². The molecule has 0 aliphatic carbocycles. The number of nitrogens with one attached hydrogen (secondary N) is 1. The topological polar surface area (TPSA) is 82.2 Å². The molecule has 0 saturated carbocycles. The molecule has 9 heteroatoms. The number of likely N-dealkylation sites (N-methyl/N-ethyl adjacent to an activating group) is 1. The van der Waals surface area contributed by atoms with Gasteiger partial charge in [0, 0.05) is 57.1 Å². The second kappa shape index (κ2) is 10.6. The first-order valence-corrected chi connectivity index (χ1v) is 13.0. The first-order chi connectivity index (χ1) is 15.9. The zero-order valence-corrected chi connectivity index (χ0v) is 19.9. The minimum atomic E-state index is -3.36. The van der Waals surface area contributed by atoms with E-state index in [1.807, 2.05) is 19.2 Å². The normalized spacial score (nSPS) is 18.3. The van der Waals surface area contributed by atoms with E-state index in [1.54, 1.807) is 28.6 Å². The molecule has 2 saturated heterocycles. The highest BCUT2D eigenvalue weighted by Crippen LogP contribution is 2.17. The van der Waals surface area contributed by atoms with Crippen LogP contribution in [0.5, 0.6) is 0 Å². The lowest BCUT2D eigenvalue weighted by atomic mass is 10.1. The van der Waals surface area contributed by atoms with Gasteiger partial charge in [0.15, 0.2) is 0 Å². The number of nitrogens with zero attached hydrogens (tertiary/aromatic N) is 3. The summed E-state index contributed by atoms with van der Waals surface area (Å²) in [7, 11) is -1.36. The Kier molecular flexibility index (Phi) is 7.64. The molecule has 0 unspecified atom stereocenters. The minimum Gasteiger partial charge on any atom is -0.378 e. The Balaban J connectivity index is 1.28. The second-order valence-corrected chi connectivity index (χ2v) is 10.6. The average Bonchev–Trinajstić information content (AvgIpc) is 2.84. The highest BCUT2D eigenvalue weighted by atomic mass is 32.2. The second-order valence-electron chi connectivity index (χ2n) is 8.60. The van der Waals surface area contributed by atoms with E-state index in [4.69, 9.17) is 4.74 Å². The number of hydrogen-bond acceptors (Lipinski definition) is 6. The third kappa shape index (κ3) is 6.32. The van der Waals surface area contributed by atoms with Gasteiger partial charge in [-0.2, -0.15) is 4.31 Å². The predicted molar refractivity (Wildman–Crippen MR) is 129 cm³/mol. The molecule has 0 bridgehead atoms. The van der Waals surface area contributed by atoms with E-state index in [0.29, 0.717) is 30.8 Å². The molecule has 0 spiro atoms. The molecule has 0 radical (unpaired) electrons. The van der Waals surface area contributed by atoms with Gasteiger partial charge in [-0.25, -0.2) is 8.42 Å². The monoisotopic (exact) mass is 472 g/mol. The number of hydrogen-bond donors (Lipinski definition) is 1. The lowest BCUT2D eigenvalue weighted by molar-refractivity contribution is 0.0951. The number of carbonyl (C=O) groups is 1. The fraction of sp³-hybridized carbons (Fsp3) is 0.458. The number of ether oxygens (including phenoxy) is 1. The molecule has 0 atom stereocenters. The maximum atomic E-state index is 12.7. The summed E-state index contributed by atoms with van der Waals surface area (Å²) in [6.45, 7) is 6.24. The van der Waals surface area contributed by atoms with E-state index < -0.39 is 10.0 Å². The van der Waals surface area contributed by atoms with Crippen molar-refractivity contribution in [3.63, 3.8) is 0 Å². The third-order valence-corrected chi connectivity index (χ3v) is 8.04. The van der Waals surface area contributed by atoms with E-state index in [2.05, 4.69) is 27.2 Å². The Labute approximate surface area is 196 Å². The van der Waals surface area contributed by atoms with Crippen LogP contribution in [-0.2, 0) is 27.1 Å². The Hall–Kier alpha value is -2.46. The van der Waals surface area contributed by atoms with Gasteiger partial charge in [-0.15, -0.1) is 0 Å². The molecule has 0 aromatic heterocycles. The van der Waals surface area contributed by atoms with Gasteiger partial charge in [-0.05, 0) is 42.4 Å². The summed E-state index contributed by atoms with van der Waals surface area (Å²) in [6, 6.07) is 15.0. The lowest BCUT2D eigenvalue weighted by Crippen LogP contribution is -2.47. The molecule has 2 aromatic rings. The summed E-state index contributed by atoms with van der Waals surface area (Å²) in [5.41, 5.74) is 3.38. The fourth-order valence-corrected chi connectivity index (χ4v) is 5.57. The lowest BCUT2D eigenvalue weighted by Gasteiger charge is -2.31. The molecule has 1 amide bonds. The van der Waals surface area contributed by atoms with Crippen molar-refractivity contribution in [2.45, 2.75) is 12.3 Å². The highest BCUT2D eigenvalue weighted by molar-refractivity contribution is 7.88. The van der Waals surface area contributed by atoms with Crippen molar-refractivity contribution in [2.24, 2.45) is 0 Å². The minimum absolute atomic E-state index is 0.0475. The number of anilines is 1. The third-order valence-electron chi connectivity index (χ3n) is 6.19. The molecule has 2 aliphatic heterocycles. The number of amides is 1. The molecule has 178 valence electrons. The van der Waals surface area contributed by atoms with Crippen molar-refractivity contribution in [1.29, 1.82) is 0 Å². The molecular formula is C24H32N4O4S. The summed E-state index contributed by atoms with van der Waals surface area (Å²) < 4.78 is 32.3. The van der Waals surface area contributed by atoms with Crippen molar-refractivity contribution >= 4 is 21.6 Å². The molecule has 2 aromatic carbocycles. The number of piperazine rings is 1. The molecule has 2 heterocycles. The summed E-state index contributed by atoms with van der Waals surface area (Å²) >= 11 is 0. The van der Waals surface area contributed by atoms with Crippen molar-refractivity contribution in [3.05, 3.63) is 65.2 Å². The van der Waals surface area contributed by atoms with Crippen LogP contribution >= 0.6 is 0 Å². The largest absolute Gasteiger partial charge is 0.378 e. The quantitative estimate of drug-likeness (QED) is 0.658. The van der Waals surface area contributed by atoms with Crippen LogP contribution in [0.15, 0.2) is 48.5 Å². The SMILES string of the molecule is CN1CCN(S(=O)(=O)Cc2ccc(C(=O)NCc3ccc(N4CCOCC4)cc3)cc2)CC1. The van der Waals surface area contributed by atoms with Gasteiger partial charge in [0.05, 0.1) is 19.0 Å². The van der Waals surface area contributed by atoms with E-state index in [0.717, 1.165) is 50.6 Å². The van der Waals surface area contributed by atoms with E-state index in [9.17, 15) is 13.2 Å². The summed E-state index contributed by atoms with van der Waals surface area (Å²) in [5, 5.41) is 2.93. The van der Waals surface area contributed by atoms with Crippen LogP contribution in [0, 0.1) is 0 Å². The molecule has 2 fully saturated rings. The summed E-state index contributed by atoms with van der Waals surface area (Å²) in [5.74, 6) is -0.227. The van der Waals surface area contributed by atoms with Crippen molar-refractivity contribution in [2.75, 3.05) is 64.4 Å². The van der Waals surface area contributed by atoms with Gasteiger partial charge in [0.1, 0.15) is 0 Å². The smallest absolute Gasteiger partial charge is 0.251 e. The first kappa shape index (κ1) is 23.7. The van der Waals surface area contributed by atoms with Crippen LogP contribution in [-0.4, -0.2) is 83.1 Å². The maximum absolute atomic E-state index is 12.7. The van der Waals surface area contributed by atoms with Gasteiger partial charge in [-0.3, -0.25) is 4.79 Å². The zero-order chi connectivity index (χ0) is 23.3. The van der Waals surface area contributed by atoms with Crippen LogP contribution < -0.4 is 10.2 Å². The van der Waals surface area contributed by atoms with Crippen LogP contribution in [0.4, 0.5) is 5.69 Å². The van der Waals surface area contributed by atoms with Crippen molar-refractivity contribution in [3.8, 4) is 0 Å². The maximum Gasteiger partial charge on any atom is 0.251 e. The van der Waals surface area contributed by atoms with E-state index in [-0.39, 0.29) is 11.7 Å². The van der Waals surface area contributed by atoms with Crippen LogP contribution in [0.25, 0.3) is 0 Å².